The average molecular weight is 433 g/mol. The van der Waals surface area contributed by atoms with Crippen molar-refractivity contribution < 1.29 is 4.79 Å². The Hall–Kier alpha value is -1.30. The first-order chi connectivity index (χ1) is 14.2. The summed E-state index contributed by atoms with van der Waals surface area (Å²) in [5.74, 6) is 0.354. The van der Waals surface area contributed by atoms with Gasteiger partial charge in [0.1, 0.15) is 0 Å². The normalized spacial score (nSPS) is 27.6. The lowest BCUT2D eigenvalue weighted by atomic mass is 9.78. The summed E-state index contributed by atoms with van der Waals surface area (Å²) in [4.78, 5) is 20.5. The van der Waals surface area contributed by atoms with Crippen LogP contribution >= 0.6 is 12.4 Å². The van der Waals surface area contributed by atoms with Gasteiger partial charge in [0.25, 0.3) is 0 Å². The number of halogens is 1. The molecular weight excluding hydrogens is 396 g/mol. The second-order valence-corrected chi connectivity index (χ2v) is 9.70. The molecule has 0 bridgehead atoms. The van der Waals surface area contributed by atoms with E-state index in [9.17, 15) is 4.79 Å². The quantitative estimate of drug-likeness (QED) is 0.790. The number of amides is 1. The average Bonchev–Trinajstić information content (AvgIpc) is 3.33. The Bertz CT molecular complexity index is 725. The number of likely N-dealkylation sites (tertiary alicyclic amines) is 1. The summed E-state index contributed by atoms with van der Waals surface area (Å²) in [6, 6.07) is 10.3. The summed E-state index contributed by atoms with van der Waals surface area (Å²) in [5.41, 5.74) is 2.29. The molecule has 4 fully saturated rings. The third-order valence-corrected chi connectivity index (χ3v) is 8.14. The van der Waals surface area contributed by atoms with Gasteiger partial charge in [0.2, 0.25) is 5.91 Å². The fourth-order valence-corrected chi connectivity index (χ4v) is 6.23. The maximum Gasteiger partial charge on any atom is 0.233 e. The molecule has 30 heavy (non-hydrogen) atoms. The van der Waals surface area contributed by atoms with Crippen LogP contribution < -0.4 is 15.1 Å². The minimum absolute atomic E-state index is 0. The predicted molar refractivity (Wildman–Crippen MR) is 126 cm³/mol. The lowest BCUT2D eigenvalue weighted by molar-refractivity contribution is -0.126. The Morgan fingerprint density at radius 2 is 1.57 bits per heavy atom. The molecule has 1 spiro atoms. The molecule has 0 unspecified atom stereocenters. The van der Waals surface area contributed by atoms with Gasteiger partial charge in [0, 0.05) is 43.1 Å². The zero-order valence-corrected chi connectivity index (χ0v) is 19.1. The fraction of sp³-hybridized carbons (Fsp3) is 0.708. The first-order valence-electron chi connectivity index (χ1n) is 11.8. The maximum absolute atomic E-state index is 13.1. The molecule has 0 aliphatic carbocycles. The maximum atomic E-state index is 13.1. The van der Waals surface area contributed by atoms with Crippen LogP contribution in [0.3, 0.4) is 0 Å². The van der Waals surface area contributed by atoms with Crippen LogP contribution in [0.2, 0.25) is 0 Å². The minimum atomic E-state index is -0.0987. The van der Waals surface area contributed by atoms with Crippen molar-refractivity contribution in [2.24, 2.45) is 5.41 Å². The highest BCUT2D eigenvalue weighted by molar-refractivity contribution is 6.00. The van der Waals surface area contributed by atoms with Crippen LogP contribution in [0.25, 0.3) is 0 Å². The monoisotopic (exact) mass is 432 g/mol. The molecule has 1 aromatic rings. The van der Waals surface area contributed by atoms with E-state index in [0.29, 0.717) is 5.91 Å². The van der Waals surface area contributed by atoms with Gasteiger partial charge in [-0.25, -0.2) is 0 Å². The molecule has 5 rings (SSSR count). The number of nitrogens with zero attached hydrogens (tertiary/aromatic N) is 3. The molecular formula is C24H37ClN4O. The smallest absolute Gasteiger partial charge is 0.233 e. The molecule has 6 heteroatoms. The van der Waals surface area contributed by atoms with Crippen molar-refractivity contribution in [2.75, 3.05) is 49.1 Å². The van der Waals surface area contributed by atoms with Crippen LogP contribution in [0.5, 0.6) is 0 Å². The summed E-state index contributed by atoms with van der Waals surface area (Å²) in [7, 11) is 0. The number of hydrogen-bond acceptors (Lipinski definition) is 4. The lowest BCUT2D eigenvalue weighted by Crippen LogP contribution is -2.46. The zero-order chi connectivity index (χ0) is 19.8. The molecule has 4 heterocycles. The molecule has 1 aromatic carbocycles. The summed E-state index contributed by atoms with van der Waals surface area (Å²) in [6.45, 7) is 8.80. The number of carbonyl (C=O) groups is 1. The molecule has 4 saturated heterocycles. The molecule has 1 amide bonds. The van der Waals surface area contributed by atoms with Gasteiger partial charge >= 0.3 is 0 Å². The molecule has 166 valence electrons. The van der Waals surface area contributed by atoms with Crippen LogP contribution in [-0.2, 0) is 4.79 Å². The number of anilines is 2. The van der Waals surface area contributed by atoms with E-state index in [1.165, 1.54) is 37.9 Å². The molecule has 0 radical (unpaired) electrons. The van der Waals surface area contributed by atoms with Gasteiger partial charge in [0.05, 0.1) is 5.41 Å². The van der Waals surface area contributed by atoms with E-state index in [4.69, 9.17) is 0 Å². The Morgan fingerprint density at radius 1 is 0.900 bits per heavy atom. The Labute approximate surface area is 187 Å². The van der Waals surface area contributed by atoms with Crippen LogP contribution in [0.1, 0.15) is 51.9 Å². The molecule has 1 atom stereocenters. The highest BCUT2D eigenvalue weighted by Gasteiger charge is 2.47. The van der Waals surface area contributed by atoms with Crippen LogP contribution in [0.15, 0.2) is 24.3 Å². The highest BCUT2D eigenvalue weighted by atomic mass is 35.5. The van der Waals surface area contributed by atoms with Crippen molar-refractivity contribution in [3.8, 4) is 0 Å². The summed E-state index contributed by atoms with van der Waals surface area (Å²) in [6.07, 6.45) is 8.28. The van der Waals surface area contributed by atoms with Crippen LogP contribution in [0.4, 0.5) is 11.4 Å². The SMILES string of the molecule is C[C@H]1CCCN1C1CCN(c2ccc(N3CCC4(CCNCC4)C3=O)cc2)CC1.Cl. The van der Waals surface area contributed by atoms with E-state index in [1.807, 2.05) is 4.90 Å². The van der Waals surface area contributed by atoms with E-state index in [0.717, 1.165) is 69.8 Å². The van der Waals surface area contributed by atoms with Crippen molar-refractivity contribution in [1.29, 1.82) is 0 Å². The molecule has 4 aliphatic heterocycles. The van der Waals surface area contributed by atoms with Gasteiger partial charge in [-0.2, -0.15) is 0 Å². The van der Waals surface area contributed by atoms with Gasteiger partial charge in [-0.3, -0.25) is 9.69 Å². The fourth-order valence-electron chi connectivity index (χ4n) is 6.23. The van der Waals surface area contributed by atoms with E-state index in [1.54, 1.807) is 0 Å². The Kier molecular flexibility index (Phi) is 6.61. The van der Waals surface area contributed by atoms with Crippen molar-refractivity contribution >= 4 is 29.7 Å². The Morgan fingerprint density at radius 3 is 2.20 bits per heavy atom. The van der Waals surface area contributed by atoms with Crippen LogP contribution in [-0.4, -0.2) is 62.2 Å². The van der Waals surface area contributed by atoms with Crippen molar-refractivity contribution in [3.63, 3.8) is 0 Å². The topological polar surface area (TPSA) is 38.8 Å². The second-order valence-electron chi connectivity index (χ2n) is 9.70. The summed E-state index contributed by atoms with van der Waals surface area (Å²) in [5, 5.41) is 3.40. The lowest BCUT2D eigenvalue weighted by Gasteiger charge is -2.39. The largest absolute Gasteiger partial charge is 0.371 e. The number of rotatable bonds is 3. The predicted octanol–water partition coefficient (Wildman–Crippen LogP) is 3.67. The van der Waals surface area contributed by atoms with Gasteiger partial charge in [0.15, 0.2) is 0 Å². The van der Waals surface area contributed by atoms with Crippen molar-refractivity contribution in [2.45, 2.75) is 64.0 Å². The number of nitrogens with one attached hydrogen (secondary N) is 1. The number of piperidine rings is 2. The van der Waals surface area contributed by atoms with Gasteiger partial charge in [-0.05, 0) is 95.8 Å². The molecule has 5 nitrogen and oxygen atoms in total. The van der Waals surface area contributed by atoms with Crippen molar-refractivity contribution in [3.05, 3.63) is 24.3 Å². The van der Waals surface area contributed by atoms with E-state index in [2.05, 4.69) is 46.3 Å². The van der Waals surface area contributed by atoms with Gasteiger partial charge < -0.3 is 15.1 Å². The zero-order valence-electron chi connectivity index (χ0n) is 18.3. The number of hydrogen-bond donors (Lipinski definition) is 1. The minimum Gasteiger partial charge on any atom is -0.371 e. The van der Waals surface area contributed by atoms with Crippen molar-refractivity contribution in [1.82, 2.24) is 10.2 Å². The Balaban J connectivity index is 0.00000218. The third kappa shape index (κ3) is 3.96. The first kappa shape index (κ1) is 21.9. The first-order valence-corrected chi connectivity index (χ1v) is 11.8. The van der Waals surface area contributed by atoms with Crippen LogP contribution in [0, 0.1) is 5.41 Å². The standard InChI is InChI=1S/C24H36N4O.ClH/c1-19-3-2-15-27(19)22-8-16-26(17-9-22)20-4-6-21(7-5-20)28-18-12-24(23(28)29)10-13-25-14-11-24;/h4-7,19,22,25H,2-3,8-18H2,1H3;1H/t19-;/m0./s1. The van der Waals surface area contributed by atoms with E-state index < -0.39 is 0 Å². The highest BCUT2D eigenvalue weighted by Crippen LogP contribution is 2.42. The third-order valence-electron chi connectivity index (χ3n) is 8.14. The molecule has 0 saturated carbocycles. The summed E-state index contributed by atoms with van der Waals surface area (Å²) < 4.78 is 0. The molecule has 0 aromatic heterocycles. The molecule has 1 N–H and O–H groups in total. The van der Waals surface area contributed by atoms with Gasteiger partial charge in [-0.15, -0.1) is 12.4 Å². The second kappa shape index (κ2) is 9.05. The molecule has 4 aliphatic rings. The van der Waals surface area contributed by atoms with Gasteiger partial charge in [-0.1, -0.05) is 0 Å². The number of benzene rings is 1. The van der Waals surface area contributed by atoms with E-state index >= 15 is 0 Å². The summed E-state index contributed by atoms with van der Waals surface area (Å²) >= 11 is 0. The number of carbonyl (C=O) groups excluding carboxylic acids is 1. The van der Waals surface area contributed by atoms with E-state index in [-0.39, 0.29) is 17.8 Å².